The number of likely N-dealkylation sites (tertiary alicyclic amines) is 1. The molecule has 1 fully saturated rings. The van der Waals surface area contributed by atoms with Gasteiger partial charge in [-0.3, -0.25) is 4.79 Å². The van der Waals surface area contributed by atoms with Crippen molar-refractivity contribution >= 4 is 21.7 Å². The molecule has 0 spiro atoms. The van der Waals surface area contributed by atoms with E-state index in [2.05, 4.69) is 4.74 Å². The number of sulfone groups is 1. The maximum atomic E-state index is 13.2. The minimum Gasteiger partial charge on any atom is -0.454 e. The van der Waals surface area contributed by atoms with E-state index in [1.54, 1.807) is 0 Å². The average molecular weight is 533 g/mol. The summed E-state index contributed by atoms with van der Waals surface area (Å²) in [5.74, 6) is -3.79. The Labute approximate surface area is 198 Å². The van der Waals surface area contributed by atoms with Crippen LogP contribution in [0.3, 0.4) is 0 Å². The van der Waals surface area contributed by atoms with Crippen LogP contribution in [0.4, 0.5) is 26.3 Å². The molecule has 198 valence electrons. The predicted molar refractivity (Wildman–Crippen MR) is 112 cm³/mol. The number of nitrogens with zero attached hydrogens (tertiary/aromatic N) is 1. The number of benzene rings is 1. The second kappa shape index (κ2) is 9.96. The molecule has 35 heavy (non-hydrogen) atoms. The molecule has 0 aliphatic carbocycles. The van der Waals surface area contributed by atoms with E-state index in [0.29, 0.717) is 6.07 Å². The second-order valence-corrected chi connectivity index (χ2v) is 11.4. The van der Waals surface area contributed by atoms with E-state index in [0.717, 1.165) is 25.1 Å². The highest BCUT2D eigenvalue weighted by Crippen LogP contribution is 2.39. The van der Waals surface area contributed by atoms with Crippen molar-refractivity contribution in [3.8, 4) is 0 Å². The highest BCUT2D eigenvalue weighted by Gasteiger charge is 2.46. The van der Waals surface area contributed by atoms with Crippen LogP contribution in [-0.2, 0) is 30.3 Å². The molecule has 1 saturated heterocycles. The Morgan fingerprint density at radius 3 is 2.11 bits per heavy atom. The third kappa shape index (κ3) is 6.26. The fourth-order valence-electron chi connectivity index (χ4n) is 3.88. The summed E-state index contributed by atoms with van der Waals surface area (Å²) in [6.07, 6.45) is -11.2. The first-order valence-corrected chi connectivity index (χ1v) is 12.0. The molecule has 0 bridgehead atoms. The number of halogens is 6. The average Bonchev–Trinajstić information content (AvgIpc) is 2.76. The van der Waals surface area contributed by atoms with Gasteiger partial charge in [0.25, 0.3) is 0 Å². The van der Waals surface area contributed by atoms with Gasteiger partial charge in [0.1, 0.15) is 12.1 Å². The van der Waals surface area contributed by atoms with E-state index in [1.165, 1.54) is 18.7 Å². The minimum atomic E-state index is -5.24. The third-order valence-electron chi connectivity index (χ3n) is 6.27. The van der Waals surface area contributed by atoms with Gasteiger partial charge in [0, 0.05) is 13.1 Å². The molecule has 2 atom stereocenters. The van der Waals surface area contributed by atoms with Gasteiger partial charge in [-0.1, -0.05) is 6.07 Å². The number of esters is 1. The molecule has 1 heterocycles. The van der Waals surface area contributed by atoms with Gasteiger partial charge in [-0.25, -0.2) is 13.2 Å². The van der Waals surface area contributed by atoms with Gasteiger partial charge in [-0.05, 0) is 57.7 Å². The monoisotopic (exact) mass is 532 g/mol. The Balaban J connectivity index is 2.10. The van der Waals surface area contributed by atoms with Crippen LogP contribution in [0.5, 0.6) is 0 Å². The van der Waals surface area contributed by atoms with Crippen LogP contribution in [-0.4, -0.2) is 61.4 Å². The molecular formula is C21H26F6N2O5S. The number of hydrogen-bond acceptors (Lipinski definition) is 6. The SMILES string of the molecule is C[C@@H](OC(=O)C(F)(F)F)[C@H](N)C(=O)N1CCC(C(C)(C)S(=O)(=O)c2cccc(C(F)(F)F)c2)CC1. The van der Waals surface area contributed by atoms with Crippen LogP contribution in [0.2, 0.25) is 0 Å². The zero-order valence-corrected chi connectivity index (χ0v) is 19.9. The Kier molecular flexibility index (Phi) is 8.22. The highest BCUT2D eigenvalue weighted by atomic mass is 32.2. The summed E-state index contributed by atoms with van der Waals surface area (Å²) in [6, 6.07) is 1.89. The number of rotatable bonds is 6. The van der Waals surface area contributed by atoms with Crippen LogP contribution in [0.1, 0.15) is 39.2 Å². The maximum absolute atomic E-state index is 13.2. The van der Waals surface area contributed by atoms with Gasteiger partial charge < -0.3 is 15.4 Å². The standard InChI is InChI=1S/C21H26F6N2O5S/c1-12(34-18(31)21(25,26)27)16(28)17(30)29-9-7-13(8-10-29)19(2,3)35(32,33)15-6-4-5-14(11-15)20(22,23)24/h4-6,11-13,16H,7-10,28H2,1-3H3/t12-,16+/m1/s1. The van der Waals surface area contributed by atoms with E-state index in [-0.39, 0.29) is 25.9 Å². The molecule has 0 radical (unpaired) electrons. The van der Waals surface area contributed by atoms with Crippen LogP contribution in [0.15, 0.2) is 29.2 Å². The molecule has 0 saturated carbocycles. The Bertz CT molecular complexity index is 1050. The smallest absolute Gasteiger partial charge is 0.454 e. The number of piperidine rings is 1. The van der Waals surface area contributed by atoms with E-state index < -0.39 is 67.3 Å². The summed E-state index contributed by atoms with van der Waals surface area (Å²) in [5.41, 5.74) is 4.58. The molecule has 1 amide bonds. The van der Waals surface area contributed by atoms with Crippen LogP contribution in [0.25, 0.3) is 0 Å². The summed E-state index contributed by atoms with van der Waals surface area (Å²) < 4.78 is 105. The summed E-state index contributed by atoms with van der Waals surface area (Å²) in [5, 5.41) is 0. The van der Waals surface area contributed by atoms with E-state index in [1.807, 2.05) is 0 Å². The van der Waals surface area contributed by atoms with Gasteiger partial charge in [-0.2, -0.15) is 26.3 Å². The maximum Gasteiger partial charge on any atom is 0.490 e. The summed E-state index contributed by atoms with van der Waals surface area (Å²) >= 11 is 0. The summed E-state index contributed by atoms with van der Waals surface area (Å²) in [6.45, 7) is 3.87. The summed E-state index contributed by atoms with van der Waals surface area (Å²) in [7, 11) is -4.21. The van der Waals surface area contributed by atoms with Gasteiger partial charge in [-0.15, -0.1) is 0 Å². The zero-order chi connectivity index (χ0) is 27.0. The first-order valence-electron chi connectivity index (χ1n) is 10.5. The lowest BCUT2D eigenvalue weighted by molar-refractivity contribution is -0.205. The Hall–Kier alpha value is -2.35. The largest absolute Gasteiger partial charge is 0.490 e. The van der Waals surface area contributed by atoms with Gasteiger partial charge in [0.15, 0.2) is 9.84 Å². The Morgan fingerprint density at radius 1 is 1.09 bits per heavy atom. The normalized spacial score (nSPS) is 18.2. The van der Waals surface area contributed by atoms with Crippen molar-refractivity contribution in [2.75, 3.05) is 13.1 Å². The lowest BCUT2D eigenvalue weighted by Crippen LogP contribution is -2.54. The van der Waals surface area contributed by atoms with Crippen molar-refractivity contribution in [1.82, 2.24) is 4.90 Å². The van der Waals surface area contributed by atoms with Crippen molar-refractivity contribution in [2.24, 2.45) is 11.7 Å². The van der Waals surface area contributed by atoms with Gasteiger partial charge >= 0.3 is 18.3 Å². The first kappa shape index (κ1) is 28.9. The minimum absolute atomic E-state index is 0.0126. The molecule has 0 unspecified atom stereocenters. The molecule has 7 nitrogen and oxygen atoms in total. The molecule has 2 rings (SSSR count). The second-order valence-electron chi connectivity index (χ2n) is 8.87. The number of hydrogen-bond donors (Lipinski definition) is 1. The fourth-order valence-corrected chi connectivity index (χ4v) is 5.70. The van der Waals surface area contributed by atoms with Crippen molar-refractivity contribution in [3.63, 3.8) is 0 Å². The number of amides is 1. The lowest BCUT2D eigenvalue weighted by Gasteiger charge is -2.41. The van der Waals surface area contributed by atoms with Gasteiger partial charge in [0.05, 0.1) is 15.2 Å². The van der Waals surface area contributed by atoms with Crippen LogP contribution in [0, 0.1) is 5.92 Å². The summed E-state index contributed by atoms with van der Waals surface area (Å²) in [4.78, 5) is 24.3. The molecule has 1 aliphatic heterocycles. The van der Waals surface area contributed by atoms with Crippen molar-refractivity contribution in [1.29, 1.82) is 0 Å². The highest BCUT2D eigenvalue weighted by molar-refractivity contribution is 7.92. The number of nitrogens with two attached hydrogens (primary N) is 1. The number of ether oxygens (including phenoxy) is 1. The van der Waals surface area contributed by atoms with E-state index in [4.69, 9.17) is 5.73 Å². The quantitative estimate of drug-likeness (QED) is 0.445. The molecular weight excluding hydrogens is 506 g/mol. The topological polar surface area (TPSA) is 107 Å². The van der Waals surface area contributed by atoms with E-state index in [9.17, 15) is 44.3 Å². The first-order chi connectivity index (χ1) is 15.8. The zero-order valence-electron chi connectivity index (χ0n) is 19.1. The van der Waals surface area contributed by atoms with E-state index >= 15 is 0 Å². The number of alkyl halides is 6. The molecule has 0 aromatic heterocycles. The number of carbonyl (C=O) groups is 2. The van der Waals surface area contributed by atoms with Crippen molar-refractivity contribution < 1.29 is 49.1 Å². The Morgan fingerprint density at radius 2 is 1.63 bits per heavy atom. The molecule has 1 aromatic rings. The molecule has 1 aromatic carbocycles. The van der Waals surface area contributed by atoms with Crippen molar-refractivity contribution in [2.45, 2.75) is 67.8 Å². The lowest BCUT2D eigenvalue weighted by atomic mass is 9.85. The van der Waals surface area contributed by atoms with Crippen LogP contribution < -0.4 is 5.73 Å². The van der Waals surface area contributed by atoms with Crippen molar-refractivity contribution in [3.05, 3.63) is 29.8 Å². The number of carbonyl (C=O) groups excluding carboxylic acids is 2. The fraction of sp³-hybridized carbons (Fsp3) is 0.619. The van der Waals surface area contributed by atoms with Crippen LogP contribution >= 0.6 is 0 Å². The molecule has 1 aliphatic rings. The molecule has 14 heteroatoms. The molecule has 2 N–H and O–H groups in total. The van der Waals surface area contributed by atoms with Gasteiger partial charge in [0.2, 0.25) is 5.91 Å². The predicted octanol–water partition coefficient (Wildman–Crippen LogP) is 3.32. The third-order valence-corrected chi connectivity index (χ3v) is 8.86.